The molecular weight excluding hydrogens is 356 g/mol. The van der Waals surface area contributed by atoms with E-state index in [-0.39, 0.29) is 29.1 Å². The first kappa shape index (κ1) is 19.0. The maximum absolute atomic E-state index is 12.7. The van der Waals surface area contributed by atoms with Crippen LogP contribution in [0.3, 0.4) is 0 Å². The second-order valence-corrected chi connectivity index (χ2v) is 8.15. The van der Waals surface area contributed by atoms with E-state index < -0.39 is 0 Å². The molecule has 0 spiro atoms. The Balaban J connectivity index is 1.52. The van der Waals surface area contributed by atoms with Crippen LogP contribution in [0, 0.1) is 12.8 Å². The number of rotatable bonds is 2. The van der Waals surface area contributed by atoms with Gasteiger partial charge in [-0.05, 0) is 62.3 Å². The number of benzene rings is 1. The van der Waals surface area contributed by atoms with Crippen molar-refractivity contribution in [3.05, 3.63) is 39.7 Å². The van der Waals surface area contributed by atoms with Crippen molar-refractivity contribution in [3.63, 3.8) is 0 Å². The van der Waals surface area contributed by atoms with Crippen LogP contribution in [0.4, 0.5) is 0 Å². The first-order chi connectivity index (χ1) is 13.5. The van der Waals surface area contributed by atoms with Gasteiger partial charge < -0.3 is 19.3 Å². The van der Waals surface area contributed by atoms with Gasteiger partial charge in [0.1, 0.15) is 5.75 Å². The minimum Gasteiger partial charge on any atom is -0.507 e. The van der Waals surface area contributed by atoms with Gasteiger partial charge in [-0.2, -0.15) is 0 Å². The molecule has 4 rings (SSSR count). The Morgan fingerprint density at radius 3 is 2.46 bits per heavy atom. The van der Waals surface area contributed by atoms with Gasteiger partial charge in [-0.25, -0.2) is 0 Å². The molecule has 6 nitrogen and oxygen atoms in total. The molecule has 2 aliphatic heterocycles. The number of piperidine rings is 1. The number of fused-ring (bicyclic) bond motifs is 1. The summed E-state index contributed by atoms with van der Waals surface area (Å²) < 4.78 is 6.97. The molecule has 2 aliphatic rings. The van der Waals surface area contributed by atoms with Crippen molar-refractivity contribution in [2.45, 2.75) is 38.5 Å². The number of pyridine rings is 1. The number of hydrogen-bond acceptors (Lipinski definition) is 4. The number of likely N-dealkylation sites (tertiary alicyclic amines) is 1. The largest absolute Gasteiger partial charge is 0.507 e. The summed E-state index contributed by atoms with van der Waals surface area (Å²) >= 11 is 0. The molecule has 3 heterocycles. The van der Waals surface area contributed by atoms with Gasteiger partial charge in [-0.1, -0.05) is 0 Å². The van der Waals surface area contributed by atoms with E-state index in [0.717, 1.165) is 49.9 Å². The molecule has 0 aliphatic carbocycles. The summed E-state index contributed by atoms with van der Waals surface area (Å²) in [6, 6.07) is 5.61. The molecule has 150 valence electrons. The molecule has 0 atom stereocenters. The zero-order valence-corrected chi connectivity index (χ0v) is 16.6. The van der Waals surface area contributed by atoms with E-state index in [9.17, 15) is 14.7 Å². The van der Waals surface area contributed by atoms with Crippen LogP contribution in [0.5, 0.6) is 5.75 Å². The molecule has 2 aromatic rings. The Bertz CT molecular complexity index is 951. The fourth-order valence-electron chi connectivity index (χ4n) is 4.59. The van der Waals surface area contributed by atoms with Crippen molar-refractivity contribution in [1.29, 1.82) is 0 Å². The van der Waals surface area contributed by atoms with Gasteiger partial charge in [0.15, 0.2) is 0 Å². The molecular formula is C22H28N2O4. The van der Waals surface area contributed by atoms with Gasteiger partial charge in [-0.15, -0.1) is 0 Å². The third-order valence-corrected chi connectivity index (χ3v) is 6.37. The number of phenolic OH excluding ortho intramolecular Hbond substituents is 1. The number of phenols is 1. The van der Waals surface area contributed by atoms with Gasteiger partial charge in [0, 0.05) is 50.2 Å². The molecule has 0 radical (unpaired) electrons. The highest BCUT2D eigenvalue weighted by Gasteiger charge is 2.30. The predicted molar refractivity (Wildman–Crippen MR) is 108 cm³/mol. The number of hydrogen-bond donors (Lipinski definition) is 1. The van der Waals surface area contributed by atoms with Crippen molar-refractivity contribution >= 4 is 16.8 Å². The summed E-state index contributed by atoms with van der Waals surface area (Å²) in [5, 5.41) is 11.2. The molecule has 1 N–H and O–H groups in total. The van der Waals surface area contributed by atoms with Crippen LogP contribution in [-0.4, -0.2) is 46.8 Å². The van der Waals surface area contributed by atoms with E-state index in [1.54, 1.807) is 24.6 Å². The van der Waals surface area contributed by atoms with E-state index in [2.05, 4.69) is 0 Å². The normalized spacial score (nSPS) is 19.3. The molecule has 0 bridgehead atoms. The SMILES string of the molecule is Cc1cc2c(O)cc(C3CCN(C(=O)C4CCOCC4)CC3)cc2n(C)c1=O. The molecule has 2 saturated heterocycles. The lowest BCUT2D eigenvalue weighted by Crippen LogP contribution is -2.42. The Morgan fingerprint density at radius 2 is 1.79 bits per heavy atom. The van der Waals surface area contributed by atoms with Crippen molar-refractivity contribution < 1.29 is 14.6 Å². The lowest BCUT2D eigenvalue weighted by Gasteiger charge is -2.35. The maximum atomic E-state index is 12.7. The van der Waals surface area contributed by atoms with Crippen molar-refractivity contribution in [2.24, 2.45) is 13.0 Å². The quantitative estimate of drug-likeness (QED) is 0.864. The van der Waals surface area contributed by atoms with E-state index in [1.165, 1.54) is 0 Å². The predicted octanol–water partition coefficient (Wildman–Crippen LogP) is 2.69. The lowest BCUT2D eigenvalue weighted by atomic mass is 9.87. The number of amides is 1. The van der Waals surface area contributed by atoms with Gasteiger partial charge in [-0.3, -0.25) is 9.59 Å². The summed E-state index contributed by atoms with van der Waals surface area (Å²) in [4.78, 5) is 27.0. The average Bonchev–Trinajstić information content (AvgIpc) is 2.73. The molecule has 6 heteroatoms. The third kappa shape index (κ3) is 3.41. The topological polar surface area (TPSA) is 71.8 Å². The minimum atomic E-state index is -0.0408. The minimum absolute atomic E-state index is 0.0408. The van der Waals surface area contributed by atoms with Gasteiger partial charge >= 0.3 is 0 Å². The van der Waals surface area contributed by atoms with Crippen LogP contribution in [0.1, 0.15) is 42.7 Å². The number of aromatic hydroxyl groups is 1. The summed E-state index contributed by atoms with van der Waals surface area (Å²) in [5.74, 6) is 0.867. The Labute approximate surface area is 164 Å². The standard InChI is InChI=1S/C22H28N2O4/c1-14-11-18-19(23(2)21(14)26)12-17(13-20(18)25)15-3-7-24(8-4-15)22(27)16-5-9-28-10-6-16/h11-13,15-16,25H,3-10H2,1-2H3. The number of aromatic nitrogens is 1. The lowest BCUT2D eigenvalue weighted by molar-refractivity contribution is -0.139. The molecule has 1 aromatic carbocycles. The molecule has 2 fully saturated rings. The van der Waals surface area contributed by atoms with Crippen LogP contribution in [0.15, 0.2) is 23.0 Å². The first-order valence-electron chi connectivity index (χ1n) is 10.2. The van der Waals surface area contributed by atoms with Crippen LogP contribution in [0.25, 0.3) is 10.9 Å². The third-order valence-electron chi connectivity index (χ3n) is 6.37. The van der Waals surface area contributed by atoms with E-state index in [1.807, 2.05) is 17.0 Å². The summed E-state index contributed by atoms with van der Waals surface area (Å²) in [6.07, 6.45) is 3.40. The second-order valence-electron chi connectivity index (χ2n) is 8.15. The fraction of sp³-hybridized carbons (Fsp3) is 0.545. The van der Waals surface area contributed by atoms with Gasteiger partial charge in [0.05, 0.1) is 5.52 Å². The van der Waals surface area contributed by atoms with Crippen molar-refractivity contribution in [3.8, 4) is 5.75 Å². The van der Waals surface area contributed by atoms with Crippen molar-refractivity contribution in [2.75, 3.05) is 26.3 Å². The van der Waals surface area contributed by atoms with Gasteiger partial charge in [0.2, 0.25) is 5.91 Å². The molecule has 1 aromatic heterocycles. The average molecular weight is 384 g/mol. The summed E-state index contributed by atoms with van der Waals surface area (Å²) in [7, 11) is 1.75. The Morgan fingerprint density at radius 1 is 1.11 bits per heavy atom. The zero-order valence-electron chi connectivity index (χ0n) is 16.6. The molecule has 0 unspecified atom stereocenters. The smallest absolute Gasteiger partial charge is 0.253 e. The number of carbonyl (C=O) groups is 1. The van der Waals surface area contributed by atoms with Gasteiger partial charge in [0.25, 0.3) is 5.56 Å². The maximum Gasteiger partial charge on any atom is 0.253 e. The number of carbonyl (C=O) groups excluding carboxylic acids is 1. The molecule has 28 heavy (non-hydrogen) atoms. The van der Waals surface area contributed by atoms with Crippen LogP contribution in [-0.2, 0) is 16.6 Å². The second kappa shape index (κ2) is 7.59. The zero-order chi connectivity index (χ0) is 19.8. The molecule has 1 amide bonds. The first-order valence-corrected chi connectivity index (χ1v) is 10.2. The van der Waals surface area contributed by atoms with E-state index >= 15 is 0 Å². The van der Waals surface area contributed by atoms with E-state index in [4.69, 9.17) is 4.74 Å². The summed E-state index contributed by atoms with van der Waals surface area (Å²) in [6.45, 7) is 4.61. The molecule has 0 saturated carbocycles. The number of ether oxygens (including phenoxy) is 1. The van der Waals surface area contributed by atoms with Crippen LogP contribution < -0.4 is 5.56 Å². The highest BCUT2D eigenvalue weighted by atomic mass is 16.5. The van der Waals surface area contributed by atoms with Crippen molar-refractivity contribution in [1.82, 2.24) is 9.47 Å². The highest BCUT2D eigenvalue weighted by molar-refractivity contribution is 5.86. The highest BCUT2D eigenvalue weighted by Crippen LogP contribution is 2.35. The van der Waals surface area contributed by atoms with Crippen LogP contribution in [0.2, 0.25) is 0 Å². The number of aryl methyl sites for hydroxylation is 2. The Hall–Kier alpha value is -2.34. The van der Waals surface area contributed by atoms with Crippen LogP contribution >= 0.6 is 0 Å². The Kier molecular flexibility index (Phi) is 5.15. The van der Waals surface area contributed by atoms with E-state index in [0.29, 0.717) is 24.2 Å². The monoisotopic (exact) mass is 384 g/mol. The summed E-state index contributed by atoms with van der Waals surface area (Å²) in [5.41, 5.74) is 2.38. The fourth-order valence-corrected chi connectivity index (χ4v) is 4.59. The number of nitrogens with zero attached hydrogens (tertiary/aromatic N) is 2.